The fourth-order valence-electron chi connectivity index (χ4n) is 1.42. The molecule has 0 aliphatic carbocycles. The zero-order valence-corrected chi connectivity index (χ0v) is 9.22. The Labute approximate surface area is 102 Å². The van der Waals surface area contributed by atoms with Crippen LogP contribution in [0.3, 0.4) is 0 Å². The SMILES string of the molecule is FC(F)(F)c1ccccc1N=Cc1ccncc1. The molecule has 0 saturated carbocycles. The summed E-state index contributed by atoms with van der Waals surface area (Å²) in [5, 5.41) is 0. The largest absolute Gasteiger partial charge is 0.418 e. The van der Waals surface area contributed by atoms with Crippen LogP contribution in [0.4, 0.5) is 18.9 Å². The molecule has 2 rings (SSSR count). The van der Waals surface area contributed by atoms with E-state index in [0.29, 0.717) is 5.56 Å². The molecule has 0 spiro atoms. The third-order valence-corrected chi connectivity index (χ3v) is 2.27. The summed E-state index contributed by atoms with van der Waals surface area (Å²) in [5.74, 6) is 0. The number of alkyl halides is 3. The van der Waals surface area contributed by atoms with Gasteiger partial charge in [0, 0.05) is 18.6 Å². The number of hydrogen-bond acceptors (Lipinski definition) is 2. The monoisotopic (exact) mass is 250 g/mol. The van der Waals surface area contributed by atoms with Crippen LogP contribution < -0.4 is 0 Å². The second-order valence-corrected chi connectivity index (χ2v) is 3.55. The Morgan fingerprint density at radius 1 is 1.00 bits per heavy atom. The predicted octanol–water partition coefficient (Wildman–Crippen LogP) is 3.85. The van der Waals surface area contributed by atoms with Crippen LogP contribution >= 0.6 is 0 Å². The van der Waals surface area contributed by atoms with E-state index in [1.165, 1.54) is 24.4 Å². The minimum atomic E-state index is -4.40. The average molecular weight is 250 g/mol. The molecule has 0 bridgehead atoms. The number of nitrogens with zero attached hydrogens (tertiary/aromatic N) is 2. The van der Waals surface area contributed by atoms with Crippen LogP contribution in [0.2, 0.25) is 0 Å². The van der Waals surface area contributed by atoms with Gasteiger partial charge in [-0.15, -0.1) is 0 Å². The maximum absolute atomic E-state index is 12.7. The van der Waals surface area contributed by atoms with Gasteiger partial charge in [0.1, 0.15) is 0 Å². The zero-order valence-electron chi connectivity index (χ0n) is 9.22. The number of para-hydroxylation sites is 1. The van der Waals surface area contributed by atoms with Gasteiger partial charge >= 0.3 is 6.18 Å². The number of hydrogen-bond donors (Lipinski definition) is 0. The van der Waals surface area contributed by atoms with E-state index in [9.17, 15) is 13.2 Å². The smallest absolute Gasteiger partial charge is 0.265 e. The van der Waals surface area contributed by atoms with E-state index in [-0.39, 0.29) is 5.69 Å². The number of halogens is 3. The third-order valence-electron chi connectivity index (χ3n) is 2.27. The third kappa shape index (κ3) is 2.94. The van der Waals surface area contributed by atoms with Crippen molar-refractivity contribution in [3.05, 3.63) is 59.9 Å². The Morgan fingerprint density at radius 3 is 2.33 bits per heavy atom. The molecule has 0 unspecified atom stereocenters. The molecule has 5 heteroatoms. The molecule has 1 aromatic heterocycles. The molecule has 0 radical (unpaired) electrons. The Morgan fingerprint density at radius 2 is 1.67 bits per heavy atom. The number of benzene rings is 1. The Kier molecular flexibility index (Phi) is 3.41. The lowest BCUT2D eigenvalue weighted by Crippen LogP contribution is -2.04. The first-order valence-corrected chi connectivity index (χ1v) is 5.18. The fraction of sp³-hybridized carbons (Fsp3) is 0.0769. The van der Waals surface area contributed by atoms with Crippen molar-refractivity contribution in [2.45, 2.75) is 6.18 Å². The van der Waals surface area contributed by atoms with E-state index in [1.54, 1.807) is 24.5 Å². The molecule has 2 aromatic rings. The number of rotatable bonds is 2. The molecule has 92 valence electrons. The molecule has 0 N–H and O–H groups in total. The van der Waals surface area contributed by atoms with Crippen molar-refractivity contribution in [2.75, 3.05) is 0 Å². The number of pyridine rings is 1. The molecular formula is C13H9F3N2. The van der Waals surface area contributed by atoms with Crippen molar-refractivity contribution >= 4 is 11.9 Å². The summed E-state index contributed by atoms with van der Waals surface area (Å²) in [7, 11) is 0. The van der Waals surface area contributed by atoms with Crippen LogP contribution in [0.25, 0.3) is 0 Å². The predicted molar refractivity (Wildman–Crippen MR) is 62.9 cm³/mol. The van der Waals surface area contributed by atoms with Gasteiger partial charge in [-0.25, -0.2) is 0 Å². The lowest BCUT2D eigenvalue weighted by molar-refractivity contribution is -0.137. The Hall–Kier alpha value is -2.17. The van der Waals surface area contributed by atoms with Crippen LogP contribution in [-0.4, -0.2) is 11.2 Å². The van der Waals surface area contributed by atoms with Gasteiger partial charge < -0.3 is 0 Å². The quantitative estimate of drug-likeness (QED) is 0.743. The molecule has 1 heterocycles. The maximum Gasteiger partial charge on any atom is 0.418 e. The summed E-state index contributed by atoms with van der Waals surface area (Å²) in [6.07, 6.45) is 0.0897. The minimum absolute atomic E-state index is 0.0955. The first-order chi connectivity index (χ1) is 8.57. The van der Waals surface area contributed by atoms with Crippen molar-refractivity contribution in [3.63, 3.8) is 0 Å². The van der Waals surface area contributed by atoms with Gasteiger partial charge in [-0.05, 0) is 29.8 Å². The van der Waals surface area contributed by atoms with Crippen LogP contribution in [0.15, 0.2) is 53.8 Å². The molecule has 0 aliphatic rings. The van der Waals surface area contributed by atoms with E-state index in [2.05, 4.69) is 9.98 Å². The van der Waals surface area contributed by atoms with Crippen LogP contribution in [0.1, 0.15) is 11.1 Å². The van der Waals surface area contributed by atoms with E-state index >= 15 is 0 Å². The highest BCUT2D eigenvalue weighted by Crippen LogP contribution is 2.35. The van der Waals surface area contributed by atoms with Gasteiger partial charge in [-0.3, -0.25) is 9.98 Å². The second-order valence-electron chi connectivity index (χ2n) is 3.55. The molecule has 0 atom stereocenters. The Balaban J connectivity index is 2.33. The lowest BCUT2D eigenvalue weighted by atomic mass is 10.2. The highest BCUT2D eigenvalue weighted by atomic mass is 19.4. The second kappa shape index (κ2) is 5.00. The van der Waals surface area contributed by atoms with Crippen LogP contribution in [0, 0.1) is 0 Å². The molecule has 0 saturated heterocycles. The van der Waals surface area contributed by atoms with Crippen molar-refractivity contribution in [1.82, 2.24) is 4.98 Å². The zero-order chi connectivity index (χ0) is 13.0. The molecule has 0 amide bonds. The van der Waals surface area contributed by atoms with Gasteiger partial charge in [0.15, 0.2) is 0 Å². The summed E-state index contributed by atoms with van der Waals surface area (Å²) in [6.45, 7) is 0. The minimum Gasteiger partial charge on any atom is -0.265 e. The topological polar surface area (TPSA) is 25.2 Å². The van der Waals surface area contributed by atoms with Gasteiger partial charge in [0.2, 0.25) is 0 Å². The van der Waals surface area contributed by atoms with Gasteiger partial charge in [-0.2, -0.15) is 13.2 Å². The van der Waals surface area contributed by atoms with E-state index < -0.39 is 11.7 Å². The van der Waals surface area contributed by atoms with Gasteiger partial charge in [0.05, 0.1) is 11.3 Å². The average Bonchev–Trinajstić information content (AvgIpc) is 2.37. The van der Waals surface area contributed by atoms with Gasteiger partial charge in [0.25, 0.3) is 0 Å². The maximum atomic E-state index is 12.7. The normalized spacial score (nSPS) is 11.9. The first-order valence-electron chi connectivity index (χ1n) is 5.18. The van der Waals surface area contributed by atoms with E-state index in [4.69, 9.17) is 0 Å². The highest BCUT2D eigenvalue weighted by Gasteiger charge is 2.32. The van der Waals surface area contributed by atoms with Crippen molar-refractivity contribution in [3.8, 4) is 0 Å². The molecule has 2 nitrogen and oxygen atoms in total. The van der Waals surface area contributed by atoms with Crippen molar-refractivity contribution in [2.24, 2.45) is 4.99 Å². The van der Waals surface area contributed by atoms with Crippen LogP contribution in [0.5, 0.6) is 0 Å². The fourth-order valence-corrected chi connectivity index (χ4v) is 1.42. The van der Waals surface area contributed by atoms with Gasteiger partial charge in [-0.1, -0.05) is 12.1 Å². The number of aromatic nitrogens is 1. The summed E-state index contributed by atoms with van der Waals surface area (Å²) in [5.41, 5.74) is -0.140. The summed E-state index contributed by atoms with van der Waals surface area (Å²) in [4.78, 5) is 7.69. The summed E-state index contributed by atoms with van der Waals surface area (Å²) in [6, 6.07) is 8.54. The standard InChI is InChI=1S/C13H9F3N2/c14-13(15,16)11-3-1-2-4-12(11)18-9-10-5-7-17-8-6-10/h1-9H. The molecule has 18 heavy (non-hydrogen) atoms. The summed E-state index contributed by atoms with van der Waals surface area (Å²) >= 11 is 0. The first kappa shape index (κ1) is 12.3. The molecule has 1 aromatic carbocycles. The van der Waals surface area contributed by atoms with Crippen molar-refractivity contribution in [1.29, 1.82) is 0 Å². The van der Waals surface area contributed by atoms with E-state index in [0.717, 1.165) is 6.07 Å². The highest BCUT2D eigenvalue weighted by molar-refractivity contribution is 5.82. The number of aliphatic imine (C=N–C) groups is 1. The molecule has 0 aliphatic heterocycles. The molecule has 0 fully saturated rings. The van der Waals surface area contributed by atoms with Crippen molar-refractivity contribution < 1.29 is 13.2 Å². The Bertz CT molecular complexity index is 548. The van der Waals surface area contributed by atoms with Crippen LogP contribution in [-0.2, 0) is 6.18 Å². The lowest BCUT2D eigenvalue weighted by Gasteiger charge is -2.08. The summed E-state index contributed by atoms with van der Waals surface area (Å²) < 4.78 is 38.1. The van der Waals surface area contributed by atoms with E-state index in [1.807, 2.05) is 0 Å². The molecular weight excluding hydrogens is 241 g/mol.